The van der Waals surface area contributed by atoms with Crippen molar-refractivity contribution in [1.82, 2.24) is 29.6 Å². The number of hydrogen-bond donors (Lipinski definition) is 4. The van der Waals surface area contributed by atoms with Crippen LogP contribution in [0, 0.1) is 23.7 Å². The number of carbonyl (C=O) groups is 2. The summed E-state index contributed by atoms with van der Waals surface area (Å²) in [6, 6.07) is 46.6. The number of carbonyl (C=O) groups excluding carboxylic acids is 2. The first-order valence-corrected chi connectivity index (χ1v) is 25.3. The van der Waals surface area contributed by atoms with E-state index in [-0.39, 0.29) is 84.2 Å². The van der Waals surface area contributed by atoms with Gasteiger partial charge in [0.05, 0.1) is 36.0 Å². The molecule has 4 aliphatic rings. The Hall–Kier alpha value is -6.96. The summed E-state index contributed by atoms with van der Waals surface area (Å²) in [5.41, 5.74) is 7.20. The van der Waals surface area contributed by atoms with Crippen molar-refractivity contribution in [3.05, 3.63) is 223 Å². The molecule has 12 nitrogen and oxygen atoms in total. The molecule has 0 unspecified atom stereocenters. The number of benzene rings is 4. The zero-order valence-corrected chi connectivity index (χ0v) is 41.5. The molecular formula is C60H66N6O6. The molecule has 10 atom stereocenters. The lowest BCUT2D eigenvalue weighted by molar-refractivity contribution is -0.129. The second-order valence-corrected chi connectivity index (χ2v) is 19.6. The van der Waals surface area contributed by atoms with Gasteiger partial charge in [-0.15, -0.1) is 0 Å². The van der Waals surface area contributed by atoms with Crippen molar-refractivity contribution < 1.29 is 19.8 Å². The minimum atomic E-state index is -0.476. The van der Waals surface area contributed by atoms with E-state index < -0.39 is 11.8 Å². The molecule has 372 valence electrons. The Morgan fingerprint density at radius 3 is 1.22 bits per heavy atom. The number of nitrogens with zero attached hydrogens (tertiary/aromatic N) is 4. The van der Waals surface area contributed by atoms with Crippen LogP contribution in [0.2, 0.25) is 0 Å². The second-order valence-electron chi connectivity index (χ2n) is 19.6. The number of aliphatic hydroxyl groups excluding tert-OH is 2. The summed E-state index contributed by atoms with van der Waals surface area (Å²) in [7, 11) is 0. The van der Waals surface area contributed by atoms with E-state index >= 15 is 0 Å². The number of fused-ring (bicyclic) bond motifs is 8. The molecule has 6 aromatic rings. The summed E-state index contributed by atoms with van der Waals surface area (Å²) in [4.78, 5) is 59.0. The van der Waals surface area contributed by atoms with Gasteiger partial charge in [-0.2, -0.15) is 0 Å². The van der Waals surface area contributed by atoms with Crippen molar-refractivity contribution in [3.63, 3.8) is 0 Å². The molecule has 10 rings (SSSR count). The van der Waals surface area contributed by atoms with Crippen LogP contribution in [0.1, 0.15) is 96.6 Å². The van der Waals surface area contributed by atoms with Gasteiger partial charge >= 0.3 is 0 Å². The largest absolute Gasteiger partial charge is 0.396 e. The van der Waals surface area contributed by atoms with Crippen molar-refractivity contribution in [2.24, 2.45) is 23.7 Å². The van der Waals surface area contributed by atoms with Crippen molar-refractivity contribution >= 4 is 24.0 Å². The predicted molar refractivity (Wildman–Crippen MR) is 282 cm³/mol. The standard InChI is InChI=1S/2C30H33N3O3/c2*1-3-10-23-15-16-25-28-27(29(35)31-20(2)22-13-8-5-9-14-22)24(19-34)26(18-33(25)30(23)36)32(28)17-21-11-6-4-7-12-21/h2*3-16,20,24,26-28,34H,17-19H2,1-2H3,(H,31,35)/b10-3+;10-3-/t2*20-,24+,26+,27-,28-/m00/s1. The lowest BCUT2D eigenvalue weighted by Crippen LogP contribution is -2.46. The third-order valence-electron chi connectivity index (χ3n) is 15.4. The fraction of sp³-hybridized carbons (Fsp3) is 0.333. The zero-order valence-electron chi connectivity index (χ0n) is 41.5. The third kappa shape index (κ3) is 9.84. The highest BCUT2D eigenvalue weighted by Gasteiger charge is 2.57. The van der Waals surface area contributed by atoms with Crippen LogP contribution < -0.4 is 21.8 Å². The number of nitrogens with one attached hydrogen (secondary N) is 2. The maximum atomic E-state index is 13.9. The van der Waals surface area contributed by atoms with E-state index in [1.165, 1.54) is 0 Å². The summed E-state index contributed by atoms with van der Waals surface area (Å²) < 4.78 is 3.64. The van der Waals surface area contributed by atoms with Gasteiger partial charge in [0.25, 0.3) is 11.1 Å². The van der Waals surface area contributed by atoms with Crippen LogP contribution in [0.25, 0.3) is 12.2 Å². The Balaban J connectivity index is 0.000000178. The maximum absolute atomic E-state index is 13.9. The van der Waals surface area contributed by atoms with Gasteiger partial charge in [-0.05, 0) is 74.2 Å². The molecule has 2 fully saturated rings. The molecule has 4 aliphatic heterocycles. The zero-order chi connectivity index (χ0) is 50.5. The molecule has 4 N–H and O–H groups in total. The first-order chi connectivity index (χ1) is 35.1. The van der Waals surface area contributed by atoms with E-state index in [2.05, 4.69) is 44.7 Å². The van der Waals surface area contributed by atoms with Gasteiger partial charge in [-0.25, -0.2) is 0 Å². The highest BCUT2D eigenvalue weighted by Crippen LogP contribution is 2.50. The maximum Gasteiger partial charge on any atom is 0.258 e. The Labute approximate surface area is 422 Å². The van der Waals surface area contributed by atoms with Crippen LogP contribution in [0.15, 0.2) is 167 Å². The van der Waals surface area contributed by atoms with Crippen molar-refractivity contribution in [2.75, 3.05) is 13.2 Å². The Morgan fingerprint density at radius 1 is 0.542 bits per heavy atom. The van der Waals surface area contributed by atoms with Gasteiger partial charge in [0, 0.05) is 85.8 Å². The van der Waals surface area contributed by atoms with E-state index in [1.54, 1.807) is 0 Å². The van der Waals surface area contributed by atoms with E-state index in [4.69, 9.17) is 0 Å². The molecular weight excluding hydrogens is 901 g/mol. The van der Waals surface area contributed by atoms with Crippen LogP contribution in [0.5, 0.6) is 0 Å². The molecule has 2 amide bonds. The molecule has 0 aliphatic carbocycles. The number of pyridine rings is 2. The van der Waals surface area contributed by atoms with E-state index in [0.29, 0.717) is 37.3 Å². The first kappa shape index (κ1) is 50.0. The Kier molecular flexibility index (Phi) is 15.4. The minimum absolute atomic E-state index is 0.0460. The smallest absolute Gasteiger partial charge is 0.258 e. The third-order valence-corrected chi connectivity index (χ3v) is 15.4. The van der Waals surface area contributed by atoms with Gasteiger partial charge in [0.1, 0.15) is 0 Å². The molecule has 2 saturated heterocycles. The summed E-state index contributed by atoms with van der Waals surface area (Å²) in [5.74, 6) is -1.70. The number of hydrogen-bond acceptors (Lipinski definition) is 8. The molecule has 0 radical (unpaired) electrons. The molecule has 2 aromatic heterocycles. The number of allylic oxidation sites excluding steroid dienone is 2. The van der Waals surface area contributed by atoms with Gasteiger partial charge in [0.2, 0.25) is 11.8 Å². The van der Waals surface area contributed by atoms with Crippen molar-refractivity contribution in [2.45, 2.75) is 90.1 Å². The fourth-order valence-electron chi connectivity index (χ4n) is 12.0. The number of aliphatic hydroxyl groups is 2. The van der Waals surface area contributed by atoms with Crippen molar-refractivity contribution in [1.29, 1.82) is 0 Å². The summed E-state index contributed by atoms with van der Waals surface area (Å²) in [6.45, 7) is 9.71. The highest BCUT2D eigenvalue weighted by molar-refractivity contribution is 5.82. The van der Waals surface area contributed by atoms with Gasteiger partial charge in [-0.1, -0.05) is 146 Å². The van der Waals surface area contributed by atoms with Crippen LogP contribution in [-0.2, 0) is 35.8 Å². The molecule has 4 aromatic carbocycles. The molecule has 4 bridgehead atoms. The van der Waals surface area contributed by atoms with Crippen LogP contribution in [0.4, 0.5) is 0 Å². The average Bonchev–Trinajstić information content (AvgIpc) is 3.74. The Bertz CT molecular complexity index is 2810. The fourth-order valence-corrected chi connectivity index (χ4v) is 12.0. The van der Waals surface area contributed by atoms with Gasteiger partial charge in [-0.3, -0.25) is 29.0 Å². The van der Waals surface area contributed by atoms with Gasteiger partial charge < -0.3 is 30.0 Å². The molecule has 0 spiro atoms. The quantitative estimate of drug-likeness (QED) is 0.0864. The average molecular weight is 967 g/mol. The van der Waals surface area contributed by atoms with E-state index in [1.807, 2.05) is 182 Å². The minimum Gasteiger partial charge on any atom is -0.396 e. The van der Waals surface area contributed by atoms with Gasteiger partial charge in [0.15, 0.2) is 0 Å². The molecule has 6 heterocycles. The summed E-state index contributed by atoms with van der Waals surface area (Å²) in [6.07, 6.45) is 7.37. The SMILES string of the molecule is C/C=C/c1ccc2n(c1=O)C[C@@H]1[C@@H](CO)[C@H](C(=O)N[C@@H](C)c3ccccc3)[C@H]2N1Cc1ccccc1.C/C=C\c1ccc2n(c1=O)C[C@@H]1[C@@H](CO)[C@H](C(=O)N[C@@H](C)c3ccccc3)[C@H]2N1Cc1ccccc1. The topological polar surface area (TPSA) is 149 Å². The summed E-state index contributed by atoms with van der Waals surface area (Å²) in [5, 5.41) is 27.5. The number of amides is 2. The normalized spacial score (nSPS) is 24.0. The predicted octanol–water partition coefficient (Wildman–Crippen LogP) is 7.85. The van der Waals surface area contributed by atoms with Crippen LogP contribution in [-0.4, -0.2) is 66.3 Å². The monoisotopic (exact) mass is 967 g/mol. The second kappa shape index (κ2) is 22.2. The first-order valence-electron chi connectivity index (χ1n) is 25.3. The van der Waals surface area contributed by atoms with Crippen LogP contribution in [0.3, 0.4) is 0 Å². The summed E-state index contributed by atoms with van der Waals surface area (Å²) >= 11 is 0. The Morgan fingerprint density at radius 2 is 0.889 bits per heavy atom. The lowest BCUT2D eigenvalue weighted by Gasteiger charge is -2.38. The number of rotatable bonds is 14. The molecule has 12 heteroatoms. The van der Waals surface area contributed by atoms with Crippen LogP contribution >= 0.6 is 0 Å². The van der Waals surface area contributed by atoms with E-state index in [9.17, 15) is 29.4 Å². The molecule has 72 heavy (non-hydrogen) atoms. The highest BCUT2D eigenvalue weighted by atomic mass is 16.3. The molecule has 0 saturated carbocycles. The lowest BCUT2D eigenvalue weighted by atomic mass is 9.86. The number of aromatic nitrogens is 2. The van der Waals surface area contributed by atoms with E-state index in [0.717, 1.165) is 33.6 Å². The van der Waals surface area contributed by atoms with Crippen molar-refractivity contribution in [3.8, 4) is 0 Å².